The van der Waals surface area contributed by atoms with Gasteiger partial charge in [0, 0.05) is 91.6 Å². The number of aliphatic carboxylic acids is 1. The number of rotatable bonds is 18. The van der Waals surface area contributed by atoms with Crippen molar-refractivity contribution in [2.45, 2.75) is 106 Å². The number of hydrogen-bond donors (Lipinski definition) is 4. The summed E-state index contributed by atoms with van der Waals surface area (Å²) in [6, 6.07) is 6.10. The van der Waals surface area contributed by atoms with Gasteiger partial charge in [-0.05, 0) is 92.5 Å². The Morgan fingerprint density at radius 3 is 1.97 bits per heavy atom. The maximum Gasteiger partial charge on any atom is 0.310 e. The topological polar surface area (TPSA) is 206 Å². The van der Waals surface area contributed by atoms with E-state index in [4.69, 9.17) is 24.2 Å². The first-order chi connectivity index (χ1) is 29.1. The lowest BCUT2D eigenvalue weighted by atomic mass is 9.84. The maximum atomic E-state index is 14.5. The van der Waals surface area contributed by atoms with Crippen LogP contribution < -0.4 is 5.32 Å². The molecular formula is C46H60N6O9. The number of fused-ring (bicyclic) bond motifs is 8. The van der Waals surface area contributed by atoms with Crippen LogP contribution in [0.15, 0.2) is 18.2 Å². The van der Waals surface area contributed by atoms with Gasteiger partial charge in [0.15, 0.2) is 0 Å². The number of hydrogen-bond acceptors (Lipinski definition) is 11. The number of methoxy groups -OCH3 is 1. The minimum atomic E-state index is -0.951. The molecule has 2 unspecified atom stereocenters. The average molecular weight is 841 g/mol. The molecule has 1 amide bonds. The number of allylic oxidation sites excluding steroid dienone is 1. The molecule has 0 saturated carbocycles. The molecule has 61 heavy (non-hydrogen) atoms. The highest BCUT2D eigenvalue weighted by Gasteiger charge is 2.35. The smallest absolute Gasteiger partial charge is 0.310 e. The van der Waals surface area contributed by atoms with Crippen LogP contribution in [-0.4, -0.2) is 106 Å². The molecule has 8 bridgehead atoms. The van der Waals surface area contributed by atoms with Crippen molar-refractivity contribution in [1.29, 1.82) is 0 Å². The summed E-state index contributed by atoms with van der Waals surface area (Å²) in [5.74, 6) is -3.33. The van der Waals surface area contributed by atoms with Gasteiger partial charge in [-0.1, -0.05) is 20.8 Å². The van der Waals surface area contributed by atoms with Gasteiger partial charge in [-0.15, -0.1) is 0 Å². The molecule has 0 spiro atoms. The number of carbonyl (C=O) groups excluding carboxylic acids is 4. The van der Waals surface area contributed by atoms with Crippen molar-refractivity contribution in [1.82, 2.24) is 30.2 Å². The summed E-state index contributed by atoms with van der Waals surface area (Å²) >= 11 is 0. The molecule has 0 aromatic carbocycles. The highest BCUT2D eigenvalue weighted by Crippen LogP contribution is 2.44. The Hall–Kier alpha value is -5.83. The van der Waals surface area contributed by atoms with Gasteiger partial charge in [0.05, 0.1) is 36.2 Å². The molecule has 0 saturated heterocycles. The molecule has 2 atom stereocenters. The normalized spacial score (nSPS) is 14.9. The summed E-state index contributed by atoms with van der Waals surface area (Å²) in [6.07, 6.45) is 1.93. The highest BCUT2D eigenvalue weighted by molar-refractivity contribution is 6.27. The third-order valence-corrected chi connectivity index (χ3v) is 11.8. The minimum Gasteiger partial charge on any atom is -0.481 e. The van der Waals surface area contributed by atoms with Gasteiger partial charge >= 0.3 is 23.9 Å². The molecule has 5 rings (SSSR count). The van der Waals surface area contributed by atoms with Gasteiger partial charge in [-0.25, -0.2) is 4.98 Å². The number of aromatic amines is 2. The number of aromatic nitrogens is 4. The summed E-state index contributed by atoms with van der Waals surface area (Å²) in [5, 5.41) is 12.9. The Kier molecular flexibility index (Phi) is 15.6. The molecule has 2 aliphatic rings. The lowest BCUT2D eigenvalue weighted by molar-refractivity contribution is -0.142. The average Bonchev–Trinajstić information content (AvgIpc) is 3.89. The monoisotopic (exact) mass is 840 g/mol. The van der Waals surface area contributed by atoms with Crippen molar-refractivity contribution in [3.8, 4) is 0 Å². The van der Waals surface area contributed by atoms with Crippen molar-refractivity contribution in [2.24, 2.45) is 0 Å². The summed E-state index contributed by atoms with van der Waals surface area (Å²) in [4.78, 5) is 82.3. The number of H-pyrrole nitrogens is 2. The molecule has 3 aromatic heterocycles. The molecule has 3 aromatic rings. The van der Waals surface area contributed by atoms with Crippen molar-refractivity contribution in [2.75, 3.05) is 46.5 Å². The number of carbonyl (C=O) groups is 5. The molecule has 5 heterocycles. The van der Waals surface area contributed by atoms with E-state index in [2.05, 4.69) is 49.0 Å². The van der Waals surface area contributed by atoms with Gasteiger partial charge in [-0.3, -0.25) is 33.9 Å². The van der Waals surface area contributed by atoms with Crippen LogP contribution in [0.4, 0.5) is 0 Å². The van der Waals surface area contributed by atoms with E-state index in [0.29, 0.717) is 48.6 Å². The molecule has 328 valence electrons. The zero-order valence-electron chi connectivity index (χ0n) is 36.9. The third kappa shape index (κ3) is 10.9. The largest absolute Gasteiger partial charge is 0.481 e. The van der Waals surface area contributed by atoms with Crippen LogP contribution in [0.3, 0.4) is 0 Å². The predicted octanol–water partition coefficient (Wildman–Crippen LogP) is 6.39. The SMILES string of the molecule is CCc1c(C)c2cc3[nH]c(cc4nc(c(CC(=O)OC)c5nc(cc1[nH]2)C(C)=C5C(=O)NCCCN(CCOC(C)=O)CCOC(C)=O)C(CCC(=O)O)C4C)c(C)c3CC. The van der Waals surface area contributed by atoms with E-state index >= 15 is 0 Å². The van der Waals surface area contributed by atoms with Crippen LogP contribution in [0.5, 0.6) is 0 Å². The maximum absolute atomic E-state index is 14.5. The van der Waals surface area contributed by atoms with Gasteiger partial charge in [0.1, 0.15) is 13.2 Å². The number of nitrogens with one attached hydrogen (secondary N) is 3. The Labute approximate surface area is 356 Å². The Bertz CT molecular complexity index is 2360. The second-order valence-corrected chi connectivity index (χ2v) is 15.7. The number of ether oxygens (including phenoxy) is 3. The van der Waals surface area contributed by atoms with Crippen molar-refractivity contribution >= 4 is 63.0 Å². The minimum absolute atomic E-state index is 0.125. The third-order valence-electron chi connectivity index (χ3n) is 11.8. The second kappa shape index (κ2) is 20.6. The lowest BCUT2D eigenvalue weighted by Gasteiger charge is -2.22. The highest BCUT2D eigenvalue weighted by atomic mass is 16.5. The van der Waals surface area contributed by atoms with E-state index in [1.807, 2.05) is 30.9 Å². The Morgan fingerprint density at radius 2 is 1.41 bits per heavy atom. The number of esters is 3. The molecule has 0 fully saturated rings. The number of nitrogens with zero attached hydrogens (tertiary/aromatic N) is 3. The molecule has 2 aliphatic heterocycles. The molecule has 0 radical (unpaired) electrons. The first-order valence-corrected chi connectivity index (χ1v) is 21.1. The number of amides is 1. The van der Waals surface area contributed by atoms with Gasteiger partial charge < -0.3 is 34.6 Å². The number of carboxylic acid groups (broad SMARTS) is 1. The van der Waals surface area contributed by atoms with Gasteiger partial charge in [0.25, 0.3) is 5.91 Å². The van der Waals surface area contributed by atoms with E-state index in [0.717, 1.165) is 57.3 Å². The summed E-state index contributed by atoms with van der Waals surface area (Å²) in [5.41, 5.74) is 11.5. The molecule has 15 nitrogen and oxygen atoms in total. The van der Waals surface area contributed by atoms with E-state index in [1.165, 1.54) is 26.5 Å². The van der Waals surface area contributed by atoms with Gasteiger partial charge in [0.2, 0.25) is 0 Å². The molecule has 15 heteroatoms. The zero-order chi connectivity index (χ0) is 44.5. The molecule has 4 N–H and O–H groups in total. The van der Waals surface area contributed by atoms with Crippen LogP contribution in [0.25, 0.3) is 33.2 Å². The van der Waals surface area contributed by atoms with Crippen LogP contribution in [0.2, 0.25) is 0 Å². The van der Waals surface area contributed by atoms with E-state index in [9.17, 15) is 29.1 Å². The quantitative estimate of drug-likeness (QED) is 0.0625. The number of aryl methyl sites for hydroxylation is 4. The zero-order valence-corrected chi connectivity index (χ0v) is 36.9. The summed E-state index contributed by atoms with van der Waals surface area (Å²) in [7, 11) is 1.30. The first-order valence-electron chi connectivity index (χ1n) is 21.1. The standard InChI is InChI=1S/C46H60N6O9/c1-10-31-25(3)35-22-37-27(5)33(13-14-41(55)56)44(50-37)34(21-42(57)59-9)45-43(46(58)47-15-12-16-52(17-19-60-29(7)53)18-20-61-30(8)54)28(6)38(51-45)24-40-32(11-2)26(4)36(49-40)23-39(31)48-35/h22-24,27,33,48-49H,10-21H2,1-9H3,(H,47,58)(H,55,56). The van der Waals surface area contributed by atoms with Gasteiger partial charge in [-0.2, -0.15) is 0 Å². The van der Waals surface area contributed by atoms with E-state index in [-0.39, 0.29) is 56.2 Å². The molecule has 0 aliphatic carbocycles. The van der Waals surface area contributed by atoms with Crippen molar-refractivity contribution in [3.63, 3.8) is 0 Å². The first kappa shape index (κ1) is 46.2. The van der Waals surface area contributed by atoms with E-state index in [1.54, 1.807) is 0 Å². The Morgan fingerprint density at radius 1 is 0.820 bits per heavy atom. The number of carboxylic acids is 1. The van der Waals surface area contributed by atoms with Crippen LogP contribution in [0.1, 0.15) is 123 Å². The predicted molar refractivity (Wildman–Crippen MR) is 233 cm³/mol. The van der Waals surface area contributed by atoms with E-state index < -0.39 is 35.7 Å². The second-order valence-electron chi connectivity index (χ2n) is 15.7. The fourth-order valence-electron chi connectivity index (χ4n) is 8.40. The fraction of sp³-hybridized carbons (Fsp3) is 0.500. The summed E-state index contributed by atoms with van der Waals surface area (Å²) in [6.45, 7) is 16.9. The Balaban J connectivity index is 1.71. The van der Waals surface area contributed by atoms with Crippen molar-refractivity contribution in [3.05, 3.63) is 68.8 Å². The summed E-state index contributed by atoms with van der Waals surface area (Å²) < 4.78 is 15.5. The van der Waals surface area contributed by atoms with Crippen molar-refractivity contribution < 1.29 is 43.3 Å². The van der Waals surface area contributed by atoms with Crippen LogP contribution in [-0.2, 0) is 57.4 Å². The fourth-order valence-corrected chi connectivity index (χ4v) is 8.40. The van der Waals surface area contributed by atoms with Crippen LogP contribution in [0, 0.1) is 13.8 Å². The van der Waals surface area contributed by atoms with Crippen LogP contribution >= 0.6 is 0 Å². The lowest BCUT2D eigenvalue weighted by Crippen LogP contribution is -2.35. The molecular weight excluding hydrogens is 781 g/mol.